The highest BCUT2D eigenvalue weighted by molar-refractivity contribution is 7.88. The van der Waals surface area contributed by atoms with Crippen LogP contribution in [0.25, 0.3) is 0 Å². The summed E-state index contributed by atoms with van der Waals surface area (Å²) < 4.78 is 68.1. The smallest absolute Gasteiger partial charge is 0.466 e. The molecule has 0 radical (unpaired) electrons. The highest BCUT2D eigenvalue weighted by atomic mass is 32.2. The fourth-order valence-corrected chi connectivity index (χ4v) is 2.80. The van der Waals surface area contributed by atoms with Crippen molar-refractivity contribution in [3.05, 3.63) is 29.3 Å². The Bertz CT molecular complexity index is 790. The summed E-state index contributed by atoms with van der Waals surface area (Å²) in [4.78, 5) is 23.3. The minimum absolute atomic E-state index is 0.159. The Kier molecular flexibility index (Phi) is 5.26. The first-order valence-electron chi connectivity index (χ1n) is 7.12. The fraction of sp³-hybridized carbons (Fsp3) is 0.429. The van der Waals surface area contributed by atoms with Crippen LogP contribution in [0, 0.1) is 0 Å². The van der Waals surface area contributed by atoms with Gasteiger partial charge in [-0.15, -0.1) is 0 Å². The topological polar surface area (TPSA) is 98.8 Å². The van der Waals surface area contributed by atoms with Gasteiger partial charge in [0.15, 0.2) is 0 Å². The maximum absolute atomic E-state index is 12.4. The van der Waals surface area contributed by atoms with Crippen molar-refractivity contribution in [3.8, 4) is 5.75 Å². The lowest BCUT2D eigenvalue weighted by atomic mass is 9.92. The Hall–Kier alpha value is -2.30. The molecule has 0 saturated heterocycles. The Morgan fingerprint density at radius 2 is 2.04 bits per heavy atom. The molecule has 0 aliphatic carbocycles. The second-order valence-electron chi connectivity index (χ2n) is 5.15. The molecule has 7 nitrogen and oxygen atoms in total. The molecule has 1 aromatic rings. The number of nitrogens with one attached hydrogen (secondary N) is 1. The van der Waals surface area contributed by atoms with E-state index in [4.69, 9.17) is 4.74 Å². The maximum Gasteiger partial charge on any atom is 0.534 e. The third kappa shape index (κ3) is 4.41. The van der Waals surface area contributed by atoms with Crippen molar-refractivity contribution in [3.63, 3.8) is 0 Å². The molecule has 1 N–H and O–H groups in total. The normalized spacial score (nSPS) is 17.4. The van der Waals surface area contributed by atoms with Crippen LogP contribution in [0.3, 0.4) is 0 Å². The Labute approximate surface area is 141 Å². The van der Waals surface area contributed by atoms with Crippen LogP contribution in [-0.4, -0.2) is 32.4 Å². The number of carbonyl (C=O) groups is 2. The molecule has 1 atom stereocenters. The van der Waals surface area contributed by atoms with E-state index >= 15 is 0 Å². The van der Waals surface area contributed by atoms with E-state index in [1.54, 1.807) is 6.92 Å². The fourth-order valence-electron chi connectivity index (χ4n) is 2.34. The average Bonchev–Trinajstić information content (AvgIpc) is 2.45. The van der Waals surface area contributed by atoms with Gasteiger partial charge in [0.05, 0.1) is 25.5 Å². The highest BCUT2D eigenvalue weighted by Gasteiger charge is 2.48. The van der Waals surface area contributed by atoms with Crippen LogP contribution < -0.4 is 9.50 Å². The molecule has 1 unspecified atom stereocenters. The first kappa shape index (κ1) is 19.0. The Morgan fingerprint density at radius 1 is 1.36 bits per heavy atom. The molecule has 1 heterocycles. The van der Waals surface area contributed by atoms with Gasteiger partial charge in [-0.05, 0) is 30.2 Å². The Morgan fingerprint density at radius 3 is 2.64 bits per heavy atom. The molecule has 0 fully saturated rings. The maximum atomic E-state index is 12.4. The summed E-state index contributed by atoms with van der Waals surface area (Å²) in [5.74, 6) is -1.58. The Balaban J connectivity index is 2.28. The third-order valence-corrected chi connectivity index (χ3v) is 4.32. The van der Waals surface area contributed by atoms with E-state index in [0.29, 0.717) is 5.56 Å². The lowest BCUT2D eigenvalue weighted by Crippen LogP contribution is -2.36. The number of hydrogen-bond donors (Lipinski definition) is 1. The predicted molar refractivity (Wildman–Crippen MR) is 77.9 cm³/mol. The van der Waals surface area contributed by atoms with Crippen molar-refractivity contribution in [1.29, 1.82) is 0 Å². The van der Waals surface area contributed by atoms with E-state index < -0.39 is 39.3 Å². The number of esters is 1. The van der Waals surface area contributed by atoms with Gasteiger partial charge < -0.3 is 14.2 Å². The van der Waals surface area contributed by atoms with Gasteiger partial charge in [0, 0.05) is 0 Å². The molecule has 0 spiro atoms. The quantitative estimate of drug-likeness (QED) is 0.472. The molecule has 11 heteroatoms. The summed E-state index contributed by atoms with van der Waals surface area (Å²) in [6.07, 6.45) is -0.342. The second kappa shape index (κ2) is 6.90. The molecule has 0 bridgehead atoms. The highest BCUT2D eigenvalue weighted by Crippen LogP contribution is 2.32. The standard InChI is InChI=1S/C14H14F3NO6S/c1-2-23-13(20)7-11-10-4-3-9(5-8(10)6-12(19)18-11)24-25(21,22)14(15,16)17/h3-5,11H,2,6-7H2,1H3,(H,18,19). The SMILES string of the molecule is CCOC(=O)CC1NC(=O)Cc2cc(OS(=O)(=O)C(F)(F)F)ccc21. The van der Waals surface area contributed by atoms with Gasteiger partial charge >= 0.3 is 21.6 Å². The van der Waals surface area contributed by atoms with Gasteiger partial charge in [-0.25, -0.2) is 0 Å². The van der Waals surface area contributed by atoms with Gasteiger partial charge in [-0.1, -0.05) is 6.07 Å². The van der Waals surface area contributed by atoms with E-state index in [9.17, 15) is 31.2 Å². The van der Waals surface area contributed by atoms with Crippen molar-refractivity contribution >= 4 is 22.0 Å². The summed E-state index contributed by atoms with van der Waals surface area (Å²) >= 11 is 0. The summed E-state index contributed by atoms with van der Waals surface area (Å²) in [6, 6.07) is 2.65. The first-order chi connectivity index (χ1) is 11.5. The molecule has 1 aromatic carbocycles. The predicted octanol–water partition coefficient (Wildman–Crippen LogP) is 1.58. The summed E-state index contributed by atoms with van der Waals surface area (Å²) in [5, 5.41) is 2.58. The minimum Gasteiger partial charge on any atom is -0.466 e. The molecule has 2 rings (SSSR count). The largest absolute Gasteiger partial charge is 0.534 e. The average molecular weight is 381 g/mol. The van der Waals surface area contributed by atoms with Crippen molar-refractivity contribution in [2.45, 2.75) is 31.3 Å². The number of hydrogen-bond acceptors (Lipinski definition) is 6. The van der Waals surface area contributed by atoms with Crippen LogP contribution in [0.15, 0.2) is 18.2 Å². The van der Waals surface area contributed by atoms with Crippen LogP contribution in [0.2, 0.25) is 0 Å². The number of ether oxygens (including phenoxy) is 1. The van der Waals surface area contributed by atoms with Crippen LogP contribution in [0.1, 0.15) is 30.5 Å². The number of rotatable bonds is 5. The minimum atomic E-state index is -5.81. The number of halogens is 3. The molecule has 138 valence electrons. The number of alkyl halides is 3. The van der Waals surface area contributed by atoms with Crippen molar-refractivity contribution < 1.29 is 40.1 Å². The molecule has 25 heavy (non-hydrogen) atoms. The van der Waals surface area contributed by atoms with E-state index in [1.807, 2.05) is 0 Å². The molecule has 1 aliphatic rings. The van der Waals surface area contributed by atoms with Gasteiger partial charge in [0.1, 0.15) is 5.75 Å². The summed E-state index contributed by atoms with van der Waals surface area (Å²) in [6.45, 7) is 1.78. The number of amides is 1. The van der Waals surface area contributed by atoms with Gasteiger partial charge in [-0.2, -0.15) is 21.6 Å². The molecule has 1 amide bonds. The monoisotopic (exact) mass is 381 g/mol. The molecule has 0 aromatic heterocycles. The third-order valence-electron chi connectivity index (χ3n) is 3.34. The van der Waals surface area contributed by atoms with E-state index in [1.165, 1.54) is 6.07 Å². The van der Waals surface area contributed by atoms with Crippen molar-refractivity contribution in [2.24, 2.45) is 0 Å². The summed E-state index contributed by atoms with van der Waals surface area (Å²) in [7, 11) is -5.81. The molecular weight excluding hydrogens is 367 g/mol. The van der Waals surface area contributed by atoms with Gasteiger partial charge in [0.2, 0.25) is 5.91 Å². The zero-order chi connectivity index (χ0) is 18.8. The van der Waals surface area contributed by atoms with Crippen molar-refractivity contribution in [1.82, 2.24) is 5.32 Å². The number of fused-ring (bicyclic) bond motifs is 1. The lowest BCUT2D eigenvalue weighted by molar-refractivity contribution is -0.143. The van der Waals surface area contributed by atoms with E-state index in [0.717, 1.165) is 12.1 Å². The van der Waals surface area contributed by atoms with Gasteiger partial charge in [-0.3, -0.25) is 9.59 Å². The molecular formula is C14H14F3NO6S. The number of carbonyl (C=O) groups excluding carboxylic acids is 2. The van der Waals surface area contributed by atoms with Gasteiger partial charge in [0.25, 0.3) is 0 Å². The zero-order valence-corrected chi connectivity index (χ0v) is 13.7. The van der Waals surface area contributed by atoms with Crippen LogP contribution in [0.4, 0.5) is 13.2 Å². The van der Waals surface area contributed by atoms with Crippen LogP contribution in [-0.2, 0) is 30.9 Å². The molecule has 1 aliphatic heterocycles. The first-order valence-corrected chi connectivity index (χ1v) is 8.53. The zero-order valence-electron chi connectivity index (χ0n) is 12.9. The molecule has 0 saturated carbocycles. The second-order valence-corrected chi connectivity index (χ2v) is 6.69. The van der Waals surface area contributed by atoms with Crippen molar-refractivity contribution in [2.75, 3.05) is 6.61 Å². The summed E-state index contributed by atoms with van der Waals surface area (Å²) in [5.41, 5.74) is -4.82. The van der Waals surface area contributed by atoms with Crippen LogP contribution in [0.5, 0.6) is 5.75 Å². The van der Waals surface area contributed by atoms with E-state index in [2.05, 4.69) is 9.50 Å². The lowest BCUT2D eigenvalue weighted by Gasteiger charge is -2.26. The van der Waals surface area contributed by atoms with Crippen LogP contribution >= 0.6 is 0 Å². The van der Waals surface area contributed by atoms with E-state index in [-0.39, 0.29) is 25.0 Å². The number of benzene rings is 1.